The third-order valence-corrected chi connectivity index (χ3v) is 4.19. The monoisotopic (exact) mass is 261 g/mol. The van der Waals surface area contributed by atoms with Gasteiger partial charge in [0.15, 0.2) is 0 Å². The number of rotatable bonds is 4. The smallest absolute Gasteiger partial charge is 0.0357 e. The third kappa shape index (κ3) is 3.78. The highest BCUT2D eigenvalue weighted by atomic mass is 15.2. The van der Waals surface area contributed by atoms with Crippen molar-refractivity contribution in [1.82, 2.24) is 15.1 Å². The first-order chi connectivity index (χ1) is 9.08. The zero-order valence-corrected chi connectivity index (χ0v) is 12.7. The van der Waals surface area contributed by atoms with E-state index in [0.717, 1.165) is 19.6 Å². The van der Waals surface area contributed by atoms with Crippen molar-refractivity contribution in [1.29, 1.82) is 0 Å². The number of aryl methyl sites for hydroxylation is 1. The van der Waals surface area contributed by atoms with Gasteiger partial charge in [0.25, 0.3) is 0 Å². The minimum atomic E-state index is 0.493. The SMILES string of the molecule is Cc1cccc(C(CC2CNCCN2C)N(C)C)c1. The number of nitrogens with one attached hydrogen (secondary N) is 1. The predicted octanol–water partition coefficient (Wildman–Crippen LogP) is 1.89. The summed E-state index contributed by atoms with van der Waals surface area (Å²) in [5, 5.41) is 3.51. The minimum Gasteiger partial charge on any atom is -0.314 e. The van der Waals surface area contributed by atoms with Crippen LogP contribution in [0.2, 0.25) is 0 Å². The van der Waals surface area contributed by atoms with Crippen LogP contribution in [-0.2, 0) is 0 Å². The molecule has 2 unspecified atom stereocenters. The van der Waals surface area contributed by atoms with E-state index in [2.05, 4.69) is 67.4 Å². The van der Waals surface area contributed by atoms with Crippen LogP contribution in [0, 0.1) is 6.92 Å². The predicted molar refractivity (Wildman–Crippen MR) is 81.5 cm³/mol. The van der Waals surface area contributed by atoms with E-state index >= 15 is 0 Å². The maximum absolute atomic E-state index is 3.51. The maximum atomic E-state index is 3.51. The fraction of sp³-hybridized carbons (Fsp3) is 0.625. The molecule has 0 aliphatic carbocycles. The van der Waals surface area contributed by atoms with Crippen molar-refractivity contribution in [2.45, 2.75) is 25.4 Å². The highest BCUT2D eigenvalue weighted by molar-refractivity contribution is 5.25. The van der Waals surface area contributed by atoms with Crippen molar-refractivity contribution in [3.63, 3.8) is 0 Å². The molecule has 2 atom stereocenters. The van der Waals surface area contributed by atoms with Crippen molar-refractivity contribution in [3.8, 4) is 0 Å². The van der Waals surface area contributed by atoms with E-state index in [1.807, 2.05) is 0 Å². The molecule has 1 aromatic rings. The van der Waals surface area contributed by atoms with Gasteiger partial charge in [-0.25, -0.2) is 0 Å². The van der Waals surface area contributed by atoms with Crippen LogP contribution in [0.1, 0.15) is 23.6 Å². The molecule has 0 spiro atoms. The van der Waals surface area contributed by atoms with Crippen LogP contribution in [0.5, 0.6) is 0 Å². The lowest BCUT2D eigenvalue weighted by Crippen LogP contribution is -2.50. The van der Waals surface area contributed by atoms with E-state index in [0.29, 0.717) is 12.1 Å². The summed E-state index contributed by atoms with van der Waals surface area (Å²) in [5.41, 5.74) is 2.78. The van der Waals surface area contributed by atoms with Crippen LogP contribution in [0.4, 0.5) is 0 Å². The summed E-state index contributed by atoms with van der Waals surface area (Å²) >= 11 is 0. The van der Waals surface area contributed by atoms with Crippen molar-refractivity contribution in [3.05, 3.63) is 35.4 Å². The fourth-order valence-corrected chi connectivity index (χ4v) is 2.91. The van der Waals surface area contributed by atoms with E-state index in [1.54, 1.807) is 0 Å². The molecule has 1 heterocycles. The molecule has 1 saturated heterocycles. The minimum absolute atomic E-state index is 0.493. The number of likely N-dealkylation sites (N-methyl/N-ethyl adjacent to an activating group) is 1. The van der Waals surface area contributed by atoms with Crippen LogP contribution in [-0.4, -0.2) is 56.6 Å². The molecular weight excluding hydrogens is 234 g/mol. The highest BCUT2D eigenvalue weighted by Crippen LogP contribution is 2.26. The molecule has 1 N–H and O–H groups in total. The lowest BCUT2D eigenvalue weighted by molar-refractivity contribution is 0.149. The third-order valence-electron chi connectivity index (χ3n) is 4.19. The van der Waals surface area contributed by atoms with E-state index in [4.69, 9.17) is 0 Å². The Bertz CT molecular complexity index is 403. The van der Waals surface area contributed by atoms with Crippen LogP contribution in [0.3, 0.4) is 0 Å². The van der Waals surface area contributed by atoms with E-state index in [9.17, 15) is 0 Å². The molecule has 0 radical (unpaired) electrons. The van der Waals surface area contributed by atoms with Crippen molar-refractivity contribution >= 4 is 0 Å². The van der Waals surface area contributed by atoms with Crippen LogP contribution in [0.15, 0.2) is 24.3 Å². The lowest BCUT2D eigenvalue weighted by atomic mass is 9.95. The molecule has 1 aromatic carbocycles. The van der Waals surface area contributed by atoms with Crippen LogP contribution >= 0.6 is 0 Å². The van der Waals surface area contributed by atoms with E-state index in [-0.39, 0.29) is 0 Å². The number of benzene rings is 1. The first kappa shape index (κ1) is 14.5. The van der Waals surface area contributed by atoms with Crippen molar-refractivity contribution in [2.24, 2.45) is 0 Å². The second kappa shape index (κ2) is 6.51. The van der Waals surface area contributed by atoms with Gasteiger partial charge < -0.3 is 15.1 Å². The summed E-state index contributed by atoms with van der Waals surface area (Å²) in [5.74, 6) is 0. The van der Waals surface area contributed by atoms with Crippen molar-refractivity contribution < 1.29 is 0 Å². The zero-order valence-electron chi connectivity index (χ0n) is 12.7. The molecule has 1 fully saturated rings. The number of hydrogen-bond donors (Lipinski definition) is 1. The van der Waals surface area contributed by atoms with Gasteiger partial charge in [-0.05, 0) is 40.1 Å². The van der Waals surface area contributed by atoms with Crippen LogP contribution in [0.25, 0.3) is 0 Å². The summed E-state index contributed by atoms with van der Waals surface area (Å²) in [4.78, 5) is 4.83. The number of hydrogen-bond acceptors (Lipinski definition) is 3. The largest absolute Gasteiger partial charge is 0.314 e. The van der Waals surface area contributed by atoms with E-state index in [1.165, 1.54) is 17.5 Å². The standard InChI is InChI=1S/C16H27N3/c1-13-6-5-7-14(10-13)16(18(2)3)11-15-12-17-8-9-19(15)4/h5-7,10,15-17H,8-9,11-12H2,1-4H3. The van der Waals surface area contributed by atoms with Gasteiger partial charge in [0.05, 0.1) is 0 Å². The Morgan fingerprint density at radius 2 is 2.21 bits per heavy atom. The van der Waals surface area contributed by atoms with Crippen LogP contribution < -0.4 is 5.32 Å². The van der Waals surface area contributed by atoms with Gasteiger partial charge in [0.2, 0.25) is 0 Å². The molecule has 106 valence electrons. The number of nitrogens with zero attached hydrogens (tertiary/aromatic N) is 2. The first-order valence-corrected chi connectivity index (χ1v) is 7.22. The van der Waals surface area contributed by atoms with Gasteiger partial charge in [0, 0.05) is 31.7 Å². The molecular formula is C16H27N3. The molecule has 3 nitrogen and oxygen atoms in total. The average molecular weight is 261 g/mol. The first-order valence-electron chi connectivity index (χ1n) is 7.22. The summed E-state index contributed by atoms with van der Waals surface area (Å²) in [7, 11) is 6.61. The second-order valence-corrected chi connectivity index (χ2v) is 5.97. The quantitative estimate of drug-likeness (QED) is 0.893. The van der Waals surface area contributed by atoms with Gasteiger partial charge in [-0.2, -0.15) is 0 Å². The average Bonchev–Trinajstić information content (AvgIpc) is 2.37. The molecule has 0 aromatic heterocycles. The Morgan fingerprint density at radius 3 is 2.84 bits per heavy atom. The van der Waals surface area contributed by atoms with Crippen molar-refractivity contribution in [2.75, 3.05) is 40.8 Å². The summed E-state index contributed by atoms with van der Waals surface area (Å²) < 4.78 is 0. The van der Waals surface area contributed by atoms with Gasteiger partial charge in [-0.15, -0.1) is 0 Å². The zero-order chi connectivity index (χ0) is 13.8. The Balaban J connectivity index is 2.12. The van der Waals surface area contributed by atoms with Gasteiger partial charge in [-0.3, -0.25) is 0 Å². The second-order valence-electron chi connectivity index (χ2n) is 5.97. The Labute approximate surface area is 117 Å². The molecule has 0 amide bonds. The van der Waals surface area contributed by atoms with Gasteiger partial charge in [0.1, 0.15) is 0 Å². The highest BCUT2D eigenvalue weighted by Gasteiger charge is 2.24. The van der Waals surface area contributed by atoms with Gasteiger partial charge in [-0.1, -0.05) is 29.8 Å². The molecule has 19 heavy (non-hydrogen) atoms. The van der Waals surface area contributed by atoms with E-state index < -0.39 is 0 Å². The maximum Gasteiger partial charge on any atom is 0.0357 e. The molecule has 3 heteroatoms. The normalized spacial score (nSPS) is 22.7. The summed E-state index contributed by atoms with van der Waals surface area (Å²) in [6.07, 6.45) is 1.18. The Hall–Kier alpha value is -0.900. The molecule has 2 rings (SSSR count). The molecule has 0 saturated carbocycles. The lowest BCUT2D eigenvalue weighted by Gasteiger charge is -2.37. The molecule has 1 aliphatic heterocycles. The molecule has 1 aliphatic rings. The summed E-state index contributed by atoms with van der Waals surface area (Å²) in [6.45, 7) is 5.54. The Morgan fingerprint density at radius 1 is 1.42 bits per heavy atom. The molecule has 0 bridgehead atoms. The Kier molecular flexibility index (Phi) is 4.97. The number of piperazine rings is 1. The fourth-order valence-electron chi connectivity index (χ4n) is 2.91. The van der Waals surface area contributed by atoms with Gasteiger partial charge >= 0.3 is 0 Å². The summed E-state index contributed by atoms with van der Waals surface area (Å²) in [6, 6.07) is 10.0. The topological polar surface area (TPSA) is 18.5 Å².